The van der Waals surface area contributed by atoms with Gasteiger partial charge in [0, 0.05) is 0 Å². The first kappa shape index (κ1) is 13.4. The fourth-order valence-corrected chi connectivity index (χ4v) is 1.55. The Labute approximate surface area is 114 Å². The van der Waals surface area contributed by atoms with Gasteiger partial charge in [-0.15, -0.1) is 6.42 Å². The predicted octanol–water partition coefficient (Wildman–Crippen LogP) is 2.57. The molecule has 1 aliphatic rings. The zero-order chi connectivity index (χ0) is 14.5. The zero-order valence-corrected chi connectivity index (χ0v) is 10.6. The van der Waals surface area contributed by atoms with Crippen molar-refractivity contribution < 1.29 is 14.4 Å². The molecule has 0 aromatic heterocycles. The van der Waals surface area contributed by atoms with Crippen LogP contribution in [0.2, 0.25) is 0 Å². The van der Waals surface area contributed by atoms with Crippen molar-refractivity contribution >= 4 is 23.5 Å². The molecular weight excluding hydrogens is 260 g/mol. The first-order chi connectivity index (χ1) is 9.63. The standard InChI is InChI=1S/C13H10N4O3/c1-3-8-20-16-9(2)10-4-6-11(7-5-10)17-12(18)14-15-13(17)19/h1,4-7H,8H2,2H3/b16-9-. The second-order valence-corrected chi connectivity index (χ2v) is 3.80. The average molecular weight is 270 g/mol. The highest BCUT2D eigenvalue weighted by molar-refractivity contribution is 6.17. The number of rotatable bonds is 4. The van der Waals surface area contributed by atoms with Crippen LogP contribution in [-0.2, 0) is 4.84 Å². The normalized spacial score (nSPS) is 14.6. The van der Waals surface area contributed by atoms with E-state index >= 15 is 0 Å². The predicted molar refractivity (Wildman–Crippen MR) is 71.6 cm³/mol. The second-order valence-electron chi connectivity index (χ2n) is 3.80. The van der Waals surface area contributed by atoms with Crippen molar-refractivity contribution in [2.45, 2.75) is 6.92 Å². The van der Waals surface area contributed by atoms with Crippen molar-refractivity contribution in [2.24, 2.45) is 15.4 Å². The highest BCUT2D eigenvalue weighted by atomic mass is 16.6. The minimum atomic E-state index is -0.703. The van der Waals surface area contributed by atoms with E-state index in [2.05, 4.69) is 21.3 Å². The molecule has 0 spiro atoms. The largest absolute Gasteiger partial charge is 0.382 e. The summed E-state index contributed by atoms with van der Waals surface area (Å²) in [4.78, 5) is 28.5. The van der Waals surface area contributed by atoms with Crippen molar-refractivity contribution in [3.63, 3.8) is 0 Å². The Morgan fingerprint density at radius 2 is 1.90 bits per heavy atom. The highest BCUT2D eigenvalue weighted by Gasteiger charge is 2.28. The van der Waals surface area contributed by atoms with Crippen molar-refractivity contribution in [3.8, 4) is 12.3 Å². The maximum Gasteiger partial charge on any atom is 0.375 e. The molecule has 0 atom stereocenters. The van der Waals surface area contributed by atoms with Gasteiger partial charge in [-0.2, -0.15) is 0 Å². The molecule has 0 unspecified atom stereocenters. The quantitative estimate of drug-likeness (QED) is 0.365. The van der Waals surface area contributed by atoms with E-state index in [1.54, 1.807) is 31.2 Å². The minimum Gasteiger partial charge on any atom is -0.382 e. The summed E-state index contributed by atoms with van der Waals surface area (Å²) in [6.07, 6.45) is 5.04. The van der Waals surface area contributed by atoms with Gasteiger partial charge in [-0.1, -0.05) is 33.4 Å². The topological polar surface area (TPSA) is 83.7 Å². The molecule has 7 nitrogen and oxygen atoms in total. The van der Waals surface area contributed by atoms with E-state index in [0.29, 0.717) is 11.4 Å². The molecule has 0 saturated heterocycles. The lowest BCUT2D eigenvalue weighted by atomic mass is 10.1. The van der Waals surface area contributed by atoms with Crippen molar-refractivity contribution in [2.75, 3.05) is 11.5 Å². The Morgan fingerprint density at radius 1 is 1.30 bits per heavy atom. The van der Waals surface area contributed by atoms with Gasteiger partial charge in [0.1, 0.15) is 0 Å². The van der Waals surface area contributed by atoms with E-state index in [9.17, 15) is 9.59 Å². The fourth-order valence-electron chi connectivity index (χ4n) is 1.55. The van der Waals surface area contributed by atoms with Gasteiger partial charge in [-0.25, -0.2) is 14.5 Å². The van der Waals surface area contributed by atoms with Crippen LogP contribution in [0.25, 0.3) is 0 Å². The number of oxime groups is 1. The molecule has 1 aromatic rings. The van der Waals surface area contributed by atoms with Crippen LogP contribution in [0.1, 0.15) is 12.5 Å². The lowest BCUT2D eigenvalue weighted by Gasteiger charge is -2.10. The molecule has 4 amide bonds. The Morgan fingerprint density at radius 3 is 2.45 bits per heavy atom. The Kier molecular flexibility index (Phi) is 3.86. The van der Waals surface area contributed by atoms with Crippen LogP contribution in [0.15, 0.2) is 39.6 Å². The smallest absolute Gasteiger partial charge is 0.375 e. The number of nitrogens with zero attached hydrogens (tertiary/aromatic N) is 4. The first-order valence-electron chi connectivity index (χ1n) is 5.63. The van der Waals surface area contributed by atoms with Crippen LogP contribution in [0.3, 0.4) is 0 Å². The molecule has 100 valence electrons. The second kappa shape index (κ2) is 5.75. The van der Waals surface area contributed by atoms with Crippen LogP contribution in [-0.4, -0.2) is 24.4 Å². The summed E-state index contributed by atoms with van der Waals surface area (Å²) in [7, 11) is 0. The third-order valence-electron chi connectivity index (χ3n) is 2.50. The molecule has 0 aliphatic carbocycles. The van der Waals surface area contributed by atoms with Gasteiger partial charge >= 0.3 is 12.1 Å². The number of amides is 4. The number of azo groups is 1. The zero-order valence-electron chi connectivity index (χ0n) is 10.6. The van der Waals surface area contributed by atoms with Gasteiger partial charge in [0.15, 0.2) is 6.61 Å². The Hall–Kier alpha value is -3.01. The number of benzene rings is 1. The lowest BCUT2D eigenvalue weighted by molar-refractivity contribution is 0.180. The van der Waals surface area contributed by atoms with E-state index < -0.39 is 12.1 Å². The van der Waals surface area contributed by atoms with Gasteiger partial charge in [-0.3, -0.25) is 0 Å². The summed E-state index contributed by atoms with van der Waals surface area (Å²) in [5.74, 6) is 2.30. The number of terminal acetylenes is 1. The number of imide groups is 1. The number of anilines is 1. The Bertz CT molecular complexity index is 623. The van der Waals surface area contributed by atoms with Crippen LogP contribution in [0.4, 0.5) is 15.3 Å². The fraction of sp³-hybridized carbons (Fsp3) is 0.154. The van der Waals surface area contributed by atoms with E-state index in [0.717, 1.165) is 10.5 Å². The summed E-state index contributed by atoms with van der Waals surface area (Å²) >= 11 is 0. The first-order valence-corrected chi connectivity index (χ1v) is 5.63. The summed E-state index contributed by atoms with van der Waals surface area (Å²) in [5.41, 5.74) is 1.80. The van der Waals surface area contributed by atoms with Crippen molar-refractivity contribution in [1.29, 1.82) is 0 Å². The minimum absolute atomic E-state index is 0.0925. The molecule has 0 bridgehead atoms. The third-order valence-corrected chi connectivity index (χ3v) is 2.50. The van der Waals surface area contributed by atoms with Gasteiger partial charge in [-0.05, 0) is 24.6 Å². The van der Waals surface area contributed by atoms with Gasteiger partial charge < -0.3 is 4.84 Å². The number of hydrogen-bond acceptors (Lipinski definition) is 4. The third kappa shape index (κ3) is 2.70. The number of urea groups is 2. The molecule has 1 heterocycles. The van der Waals surface area contributed by atoms with Gasteiger partial charge in [0.05, 0.1) is 11.4 Å². The van der Waals surface area contributed by atoms with Crippen molar-refractivity contribution in [1.82, 2.24) is 0 Å². The molecule has 1 aliphatic heterocycles. The number of carbonyl (C=O) groups is 2. The molecule has 0 radical (unpaired) electrons. The Balaban J connectivity index is 2.15. The molecular formula is C13H10N4O3. The van der Waals surface area contributed by atoms with Gasteiger partial charge in [0.2, 0.25) is 0 Å². The van der Waals surface area contributed by atoms with E-state index in [4.69, 9.17) is 11.3 Å². The van der Waals surface area contributed by atoms with E-state index in [-0.39, 0.29) is 6.61 Å². The number of carbonyl (C=O) groups excluding carboxylic acids is 2. The summed E-state index contributed by atoms with van der Waals surface area (Å²) in [5, 5.41) is 10.2. The summed E-state index contributed by atoms with van der Waals surface area (Å²) in [6.45, 7) is 1.84. The summed E-state index contributed by atoms with van der Waals surface area (Å²) in [6, 6.07) is 5.19. The lowest BCUT2D eigenvalue weighted by Crippen LogP contribution is -2.27. The molecule has 0 N–H and O–H groups in total. The molecule has 0 fully saturated rings. The van der Waals surface area contributed by atoms with E-state index in [1.807, 2.05) is 0 Å². The van der Waals surface area contributed by atoms with Gasteiger partial charge in [0.25, 0.3) is 0 Å². The van der Waals surface area contributed by atoms with Crippen LogP contribution in [0.5, 0.6) is 0 Å². The number of hydrogen-bond donors (Lipinski definition) is 0. The SMILES string of the molecule is C#CCO/N=C(/C)c1ccc(N2C(=O)N=NC2=O)cc1. The van der Waals surface area contributed by atoms with E-state index in [1.165, 1.54) is 0 Å². The molecule has 0 saturated carbocycles. The highest BCUT2D eigenvalue weighted by Crippen LogP contribution is 2.21. The monoisotopic (exact) mass is 270 g/mol. The van der Waals surface area contributed by atoms with Crippen LogP contribution >= 0.6 is 0 Å². The van der Waals surface area contributed by atoms with Crippen LogP contribution < -0.4 is 4.90 Å². The maximum atomic E-state index is 11.4. The molecule has 7 heteroatoms. The maximum absolute atomic E-state index is 11.4. The van der Waals surface area contributed by atoms with Crippen molar-refractivity contribution in [3.05, 3.63) is 29.8 Å². The molecule has 2 rings (SSSR count). The molecule has 1 aromatic carbocycles. The average Bonchev–Trinajstić information content (AvgIpc) is 2.78. The molecule has 20 heavy (non-hydrogen) atoms. The van der Waals surface area contributed by atoms with Crippen LogP contribution in [0, 0.1) is 12.3 Å². The summed E-state index contributed by atoms with van der Waals surface area (Å²) < 4.78 is 0.